The third-order valence-corrected chi connectivity index (χ3v) is 7.59. The van der Waals surface area contributed by atoms with Gasteiger partial charge in [0.15, 0.2) is 0 Å². The number of nitrogens with zero attached hydrogens (tertiary/aromatic N) is 1. The van der Waals surface area contributed by atoms with Gasteiger partial charge in [0.05, 0.1) is 26.2 Å². The van der Waals surface area contributed by atoms with Crippen molar-refractivity contribution in [3.8, 4) is 0 Å². The molecule has 0 atom stereocenters. The molecule has 5 heteroatoms. The van der Waals surface area contributed by atoms with E-state index in [-0.39, 0.29) is 0 Å². The fourth-order valence-corrected chi connectivity index (χ4v) is 5.36. The summed E-state index contributed by atoms with van der Waals surface area (Å²) in [6, 6.07) is 0.933. The van der Waals surface area contributed by atoms with E-state index >= 15 is 0 Å². The van der Waals surface area contributed by atoms with Gasteiger partial charge >= 0.3 is 8.80 Å². The van der Waals surface area contributed by atoms with E-state index in [1.165, 1.54) is 62.8 Å². The maximum absolute atomic E-state index is 5.49. The Balaban J connectivity index is 2.37. The van der Waals surface area contributed by atoms with Gasteiger partial charge in [0, 0.05) is 27.4 Å². The predicted octanol–water partition coefficient (Wildman–Crippen LogP) is 3.06. The van der Waals surface area contributed by atoms with E-state index in [4.69, 9.17) is 13.3 Å². The van der Waals surface area contributed by atoms with Gasteiger partial charge < -0.3 is 17.8 Å². The highest BCUT2D eigenvalue weighted by molar-refractivity contribution is 6.60. The maximum Gasteiger partial charge on any atom is 0.500 e. The first-order valence-corrected chi connectivity index (χ1v) is 10.1. The molecular weight excluding hydrogens is 270 g/mol. The molecule has 0 amide bonds. The van der Waals surface area contributed by atoms with Crippen LogP contribution in [0.4, 0.5) is 0 Å². The van der Waals surface area contributed by atoms with Crippen LogP contribution in [0.15, 0.2) is 0 Å². The van der Waals surface area contributed by atoms with Crippen LogP contribution >= 0.6 is 0 Å². The summed E-state index contributed by atoms with van der Waals surface area (Å²) in [5.41, 5.74) is 0. The van der Waals surface area contributed by atoms with Crippen molar-refractivity contribution in [1.82, 2.24) is 0 Å². The van der Waals surface area contributed by atoms with Crippen molar-refractivity contribution in [2.75, 3.05) is 47.5 Å². The first-order chi connectivity index (χ1) is 9.66. The highest BCUT2D eigenvalue weighted by Crippen LogP contribution is 2.22. The van der Waals surface area contributed by atoms with Gasteiger partial charge in [-0.15, -0.1) is 0 Å². The summed E-state index contributed by atoms with van der Waals surface area (Å²) in [5.74, 6) is 0. The molecule has 0 saturated carbocycles. The molecule has 0 aromatic carbocycles. The smallest absolute Gasteiger partial charge is 0.377 e. The van der Waals surface area contributed by atoms with Gasteiger partial charge in [-0.05, 0) is 38.5 Å². The minimum atomic E-state index is -2.35. The average molecular weight is 305 g/mol. The topological polar surface area (TPSA) is 27.7 Å². The summed E-state index contributed by atoms with van der Waals surface area (Å²) >= 11 is 0. The Kier molecular flexibility index (Phi) is 8.29. The fraction of sp³-hybridized carbons (Fsp3) is 1.00. The molecule has 20 heavy (non-hydrogen) atoms. The molecule has 1 heterocycles. The van der Waals surface area contributed by atoms with Gasteiger partial charge in [-0.3, -0.25) is 0 Å². The van der Waals surface area contributed by atoms with Crippen LogP contribution in [-0.2, 0) is 13.3 Å². The second-order valence-electron chi connectivity index (χ2n) is 6.05. The first-order valence-electron chi connectivity index (χ1n) is 8.16. The largest absolute Gasteiger partial charge is 0.500 e. The van der Waals surface area contributed by atoms with E-state index in [9.17, 15) is 0 Å². The molecule has 0 aliphatic carbocycles. The molecule has 0 N–H and O–H groups in total. The van der Waals surface area contributed by atoms with Gasteiger partial charge in [-0.2, -0.15) is 0 Å². The highest BCUT2D eigenvalue weighted by atomic mass is 28.4. The molecule has 1 aliphatic heterocycles. The summed E-state index contributed by atoms with van der Waals surface area (Å²) < 4.78 is 17.8. The summed E-state index contributed by atoms with van der Waals surface area (Å²) in [4.78, 5) is 0. The van der Waals surface area contributed by atoms with Crippen molar-refractivity contribution in [1.29, 1.82) is 0 Å². The van der Waals surface area contributed by atoms with E-state index in [0.29, 0.717) is 0 Å². The Morgan fingerprint density at radius 2 is 1.45 bits per heavy atom. The number of rotatable bonds is 10. The Morgan fingerprint density at radius 1 is 0.850 bits per heavy atom. The molecule has 1 saturated heterocycles. The van der Waals surface area contributed by atoms with E-state index < -0.39 is 8.80 Å². The fourth-order valence-electron chi connectivity index (χ4n) is 3.56. The molecular formula is C15H34NO3Si+. The van der Waals surface area contributed by atoms with Crippen molar-refractivity contribution in [2.24, 2.45) is 0 Å². The standard InChI is InChI=1S/C15H34NO3Si/c1-5-11-16(12-7-6-8-13-16)14-9-10-15-20(17-2,18-3)19-4/h5-15H2,1-4H3/q+1. The van der Waals surface area contributed by atoms with Crippen LogP contribution in [-0.4, -0.2) is 60.8 Å². The van der Waals surface area contributed by atoms with E-state index in [1.54, 1.807) is 21.3 Å². The second-order valence-corrected chi connectivity index (χ2v) is 9.14. The van der Waals surface area contributed by atoms with Crippen LogP contribution in [0.2, 0.25) is 6.04 Å². The zero-order valence-corrected chi connectivity index (χ0v) is 15.0. The van der Waals surface area contributed by atoms with Crippen LogP contribution < -0.4 is 0 Å². The Hall–Kier alpha value is 0.0569. The lowest BCUT2D eigenvalue weighted by atomic mass is 10.1. The second kappa shape index (κ2) is 9.15. The minimum Gasteiger partial charge on any atom is -0.377 e. The van der Waals surface area contributed by atoms with Crippen LogP contribution in [0.25, 0.3) is 0 Å². The summed E-state index contributed by atoms with van der Waals surface area (Å²) in [7, 11) is 2.76. The summed E-state index contributed by atoms with van der Waals surface area (Å²) in [5, 5.41) is 0. The molecule has 1 fully saturated rings. The quantitative estimate of drug-likeness (QED) is 0.353. The number of quaternary nitrogens is 1. The molecule has 0 unspecified atom stereocenters. The molecule has 4 nitrogen and oxygen atoms in total. The molecule has 0 spiro atoms. The van der Waals surface area contributed by atoms with Crippen molar-refractivity contribution in [2.45, 2.75) is 51.5 Å². The van der Waals surface area contributed by atoms with Crippen LogP contribution in [0.1, 0.15) is 45.4 Å². The third kappa shape index (κ3) is 5.11. The summed E-state index contributed by atoms with van der Waals surface area (Å²) in [6.45, 7) is 7.74. The van der Waals surface area contributed by atoms with Crippen LogP contribution in [0.3, 0.4) is 0 Å². The number of unbranched alkanes of at least 4 members (excludes halogenated alkanes) is 1. The van der Waals surface area contributed by atoms with Crippen LogP contribution in [0.5, 0.6) is 0 Å². The molecule has 0 aromatic heterocycles. The minimum absolute atomic E-state index is 0.933. The number of hydrogen-bond donors (Lipinski definition) is 0. The SMILES string of the molecule is CCC[N+]1(CCCC[Si](OC)(OC)OC)CCCCC1. The molecule has 120 valence electrons. The molecule has 0 radical (unpaired) electrons. The average Bonchev–Trinajstić information content (AvgIpc) is 2.50. The van der Waals surface area contributed by atoms with Gasteiger partial charge in [0.1, 0.15) is 0 Å². The van der Waals surface area contributed by atoms with Gasteiger partial charge in [-0.1, -0.05) is 6.92 Å². The molecule has 0 bridgehead atoms. The van der Waals surface area contributed by atoms with Gasteiger partial charge in [0.2, 0.25) is 0 Å². The number of piperidine rings is 1. The number of likely N-dealkylation sites (tertiary alicyclic amines) is 1. The summed E-state index contributed by atoms with van der Waals surface area (Å²) in [6.07, 6.45) is 7.94. The van der Waals surface area contributed by atoms with Crippen molar-refractivity contribution < 1.29 is 17.8 Å². The van der Waals surface area contributed by atoms with Crippen molar-refractivity contribution >= 4 is 8.80 Å². The lowest BCUT2D eigenvalue weighted by Crippen LogP contribution is -2.52. The Morgan fingerprint density at radius 3 is 1.95 bits per heavy atom. The molecule has 1 rings (SSSR count). The third-order valence-electron chi connectivity index (χ3n) is 4.76. The monoisotopic (exact) mass is 304 g/mol. The van der Waals surface area contributed by atoms with Gasteiger partial charge in [0.25, 0.3) is 0 Å². The predicted molar refractivity (Wildman–Crippen MR) is 84.7 cm³/mol. The maximum atomic E-state index is 5.49. The van der Waals surface area contributed by atoms with Crippen LogP contribution in [0, 0.1) is 0 Å². The Labute approximate surface area is 126 Å². The van der Waals surface area contributed by atoms with E-state index in [1.807, 2.05) is 0 Å². The Bertz CT molecular complexity index is 240. The van der Waals surface area contributed by atoms with Gasteiger partial charge in [-0.25, -0.2) is 0 Å². The highest BCUT2D eigenvalue weighted by Gasteiger charge is 2.37. The van der Waals surface area contributed by atoms with E-state index in [0.717, 1.165) is 12.5 Å². The number of hydrogen-bond acceptors (Lipinski definition) is 3. The molecule has 0 aromatic rings. The van der Waals surface area contributed by atoms with Crippen molar-refractivity contribution in [3.63, 3.8) is 0 Å². The first kappa shape index (κ1) is 18.1. The zero-order valence-electron chi connectivity index (χ0n) is 14.0. The lowest BCUT2D eigenvalue weighted by Gasteiger charge is -2.41. The normalized spacial score (nSPS) is 19.2. The molecule has 1 aliphatic rings. The van der Waals surface area contributed by atoms with Crippen molar-refractivity contribution in [3.05, 3.63) is 0 Å². The zero-order chi connectivity index (χ0) is 14.9. The van der Waals surface area contributed by atoms with E-state index in [2.05, 4.69) is 6.92 Å². The lowest BCUT2D eigenvalue weighted by molar-refractivity contribution is -0.932.